The highest BCUT2D eigenvalue weighted by atomic mass is 16.6. The summed E-state index contributed by atoms with van der Waals surface area (Å²) in [6.45, 7) is 3.72. The van der Waals surface area contributed by atoms with Crippen LogP contribution in [-0.2, 0) is 6.42 Å². The molecule has 11 nitrogen and oxygen atoms in total. The number of nitro benzene ring substituents is 1. The van der Waals surface area contributed by atoms with Crippen molar-refractivity contribution >= 4 is 41.1 Å². The summed E-state index contributed by atoms with van der Waals surface area (Å²) in [5, 5.41) is 19.1. The smallest absolute Gasteiger partial charge is 0.293 e. The normalized spacial score (nSPS) is 13.7. The molecule has 216 valence electrons. The van der Waals surface area contributed by atoms with E-state index < -0.39 is 4.92 Å². The molecule has 0 spiro atoms. The van der Waals surface area contributed by atoms with Crippen LogP contribution in [0.4, 0.5) is 34.9 Å². The highest BCUT2D eigenvalue weighted by Crippen LogP contribution is 2.28. The standard InChI is InChI=1S/C31H35N9O2/c1-22-9-12-26(13-10-22)33-29-34-30(37-32-21-25-11-14-27(38(2)3)28(20-25)40(41)42)36-31(35-29)39-17-15-24(16-18-39)19-23-7-5-4-6-8-23/h4-14,20-21,24H,15-19H2,1-3H3,(H2,33,34,35,36,37)/b32-21+. The number of aryl methyl sites for hydroxylation is 1. The molecule has 0 aliphatic carbocycles. The Bertz CT molecular complexity index is 1530. The third-order valence-electron chi connectivity index (χ3n) is 7.25. The van der Waals surface area contributed by atoms with Crippen LogP contribution in [0.25, 0.3) is 0 Å². The maximum atomic E-state index is 11.6. The summed E-state index contributed by atoms with van der Waals surface area (Å²) in [6, 6.07) is 23.6. The second kappa shape index (κ2) is 13.1. The molecule has 11 heteroatoms. The third kappa shape index (κ3) is 7.36. The Morgan fingerprint density at radius 3 is 2.40 bits per heavy atom. The molecule has 2 heterocycles. The maximum Gasteiger partial charge on any atom is 0.293 e. The number of hydrogen-bond acceptors (Lipinski definition) is 10. The van der Waals surface area contributed by atoms with Crippen molar-refractivity contribution in [3.63, 3.8) is 0 Å². The first-order chi connectivity index (χ1) is 20.3. The van der Waals surface area contributed by atoms with Gasteiger partial charge in [0, 0.05) is 44.5 Å². The molecule has 1 aliphatic rings. The number of nitro groups is 1. The minimum atomic E-state index is -0.398. The maximum absolute atomic E-state index is 11.6. The van der Waals surface area contributed by atoms with E-state index in [0.717, 1.165) is 43.6 Å². The summed E-state index contributed by atoms with van der Waals surface area (Å²) in [5.41, 5.74) is 7.39. The van der Waals surface area contributed by atoms with E-state index in [1.165, 1.54) is 17.8 Å². The second-order valence-electron chi connectivity index (χ2n) is 10.7. The number of hydrogen-bond donors (Lipinski definition) is 2. The van der Waals surface area contributed by atoms with Crippen LogP contribution in [0.3, 0.4) is 0 Å². The van der Waals surface area contributed by atoms with Crippen LogP contribution in [0.1, 0.15) is 29.5 Å². The zero-order valence-electron chi connectivity index (χ0n) is 24.1. The molecule has 1 fully saturated rings. The highest BCUT2D eigenvalue weighted by molar-refractivity contribution is 5.83. The summed E-state index contributed by atoms with van der Waals surface area (Å²) in [6.07, 6.45) is 4.67. The average Bonchev–Trinajstić information content (AvgIpc) is 2.99. The molecular weight excluding hydrogens is 530 g/mol. The Balaban J connectivity index is 1.33. The van der Waals surface area contributed by atoms with Crippen LogP contribution < -0.4 is 20.5 Å². The fraction of sp³-hybridized carbons (Fsp3) is 0.290. The molecule has 1 saturated heterocycles. The van der Waals surface area contributed by atoms with Gasteiger partial charge >= 0.3 is 0 Å². The minimum Gasteiger partial charge on any atom is -0.372 e. The molecule has 5 rings (SSSR count). The molecule has 0 radical (unpaired) electrons. The van der Waals surface area contributed by atoms with Crippen LogP contribution in [0.5, 0.6) is 0 Å². The third-order valence-corrected chi connectivity index (χ3v) is 7.25. The van der Waals surface area contributed by atoms with E-state index in [1.807, 2.05) is 31.2 Å². The summed E-state index contributed by atoms with van der Waals surface area (Å²) < 4.78 is 0. The quantitative estimate of drug-likeness (QED) is 0.139. The van der Waals surface area contributed by atoms with Gasteiger partial charge in [0.25, 0.3) is 5.69 Å². The monoisotopic (exact) mass is 565 g/mol. The number of benzene rings is 3. The number of anilines is 5. The zero-order chi connectivity index (χ0) is 29.5. The largest absolute Gasteiger partial charge is 0.372 e. The van der Waals surface area contributed by atoms with Crippen LogP contribution in [0.15, 0.2) is 77.9 Å². The van der Waals surface area contributed by atoms with Gasteiger partial charge in [-0.15, -0.1) is 0 Å². The van der Waals surface area contributed by atoms with Gasteiger partial charge in [-0.1, -0.05) is 54.1 Å². The van der Waals surface area contributed by atoms with Gasteiger partial charge in [0.05, 0.1) is 11.1 Å². The number of nitrogens with zero attached hydrogens (tertiary/aromatic N) is 7. The van der Waals surface area contributed by atoms with Crippen molar-refractivity contribution in [2.75, 3.05) is 47.7 Å². The Labute approximate surface area is 245 Å². The minimum absolute atomic E-state index is 0.00616. The number of rotatable bonds is 10. The fourth-order valence-corrected chi connectivity index (χ4v) is 4.97. The van der Waals surface area contributed by atoms with Crippen LogP contribution in [0, 0.1) is 23.0 Å². The predicted octanol–water partition coefficient (Wildman–Crippen LogP) is 5.80. The molecule has 0 bridgehead atoms. The Morgan fingerprint density at radius 2 is 1.71 bits per heavy atom. The first kappa shape index (κ1) is 28.5. The van der Waals surface area contributed by atoms with Crippen LogP contribution in [-0.4, -0.2) is 53.3 Å². The van der Waals surface area contributed by atoms with Gasteiger partial charge in [-0.2, -0.15) is 20.1 Å². The van der Waals surface area contributed by atoms with E-state index in [1.54, 1.807) is 31.1 Å². The Kier molecular flexibility index (Phi) is 8.86. The lowest BCUT2D eigenvalue weighted by Gasteiger charge is -2.32. The summed E-state index contributed by atoms with van der Waals surface area (Å²) in [5.74, 6) is 1.86. The van der Waals surface area contributed by atoms with Crippen LogP contribution in [0.2, 0.25) is 0 Å². The Hall–Kier alpha value is -5.06. The molecular formula is C31H35N9O2. The van der Waals surface area contributed by atoms with Gasteiger partial charge in [-0.05, 0) is 55.9 Å². The molecule has 1 aromatic heterocycles. The summed E-state index contributed by atoms with van der Waals surface area (Å²) >= 11 is 0. The molecule has 0 saturated carbocycles. The first-order valence-corrected chi connectivity index (χ1v) is 14.0. The molecule has 42 heavy (non-hydrogen) atoms. The molecule has 0 atom stereocenters. The van der Waals surface area contributed by atoms with Gasteiger partial charge in [-0.3, -0.25) is 10.1 Å². The van der Waals surface area contributed by atoms with E-state index in [4.69, 9.17) is 4.98 Å². The molecule has 0 unspecified atom stereocenters. The van der Waals surface area contributed by atoms with E-state index >= 15 is 0 Å². The van der Waals surface area contributed by atoms with E-state index in [9.17, 15) is 10.1 Å². The predicted molar refractivity (Wildman–Crippen MR) is 168 cm³/mol. The van der Waals surface area contributed by atoms with Crippen molar-refractivity contribution in [1.29, 1.82) is 0 Å². The van der Waals surface area contributed by atoms with Gasteiger partial charge in [0.15, 0.2) is 0 Å². The molecule has 3 aromatic carbocycles. The molecule has 4 aromatic rings. The molecule has 1 aliphatic heterocycles. The topological polar surface area (TPSA) is 125 Å². The average molecular weight is 566 g/mol. The van der Waals surface area contributed by atoms with Crippen LogP contribution >= 0.6 is 0 Å². The van der Waals surface area contributed by atoms with Crippen molar-refractivity contribution in [2.45, 2.75) is 26.2 Å². The van der Waals surface area contributed by atoms with Gasteiger partial charge in [-0.25, -0.2) is 5.43 Å². The Morgan fingerprint density at radius 1 is 1.00 bits per heavy atom. The number of hydrazone groups is 1. The SMILES string of the molecule is Cc1ccc(Nc2nc(N/N=C/c3ccc(N(C)C)c([N+](=O)[O-])c3)nc(N3CCC(Cc4ccccc4)CC3)n2)cc1. The van der Waals surface area contributed by atoms with E-state index in [-0.39, 0.29) is 11.6 Å². The van der Waals surface area contributed by atoms with Gasteiger partial charge in [0.1, 0.15) is 5.69 Å². The number of nitrogens with one attached hydrogen (secondary N) is 2. The number of piperidine rings is 1. The summed E-state index contributed by atoms with van der Waals surface area (Å²) in [4.78, 5) is 29.0. The van der Waals surface area contributed by atoms with Gasteiger partial charge < -0.3 is 15.1 Å². The lowest BCUT2D eigenvalue weighted by molar-refractivity contribution is -0.384. The fourth-order valence-electron chi connectivity index (χ4n) is 4.97. The second-order valence-corrected chi connectivity index (χ2v) is 10.7. The van der Waals surface area contributed by atoms with Crippen molar-refractivity contribution in [3.05, 3.63) is 99.6 Å². The highest BCUT2D eigenvalue weighted by Gasteiger charge is 2.23. The first-order valence-electron chi connectivity index (χ1n) is 14.0. The lowest BCUT2D eigenvalue weighted by atomic mass is 9.90. The molecule has 0 amide bonds. The van der Waals surface area contributed by atoms with Gasteiger partial charge in [0.2, 0.25) is 17.8 Å². The van der Waals surface area contributed by atoms with Crippen molar-refractivity contribution in [2.24, 2.45) is 11.0 Å². The number of aromatic nitrogens is 3. The molecule has 2 N–H and O–H groups in total. The lowest BCUT2D eigenvalue weighted by Crippen LogP contribution is -2.35. The van der Waals surface area contributed by atoms with Crippen molar-refractivity contribution in [1.82, 2.24) is 15.0 Å². The van der Waals surface area contributed by atoms with Crippen molar-refractivity contribution < 1.29 is 4.92 Å². The van der Waals surface area contributed by atoms with E-state index in [0.29, 0.717) is 29.1 Å². The summed E-state index contributed by atoms with van der Waals surface area (Å²) in [7, 11) is 3.54. The van der Waals surface area contributed by atoms with E-state index in [2.05, 4.69) is 61.0 Å². The zero-order valence-corrected chi connectivity index (χ0v) is 24.1. The van der Waals surface area contributed by atoms with Crippen molar-refractivity contribution in [3.8, 4) is 0 Å².